The van der Waals surface area contributed by atoms with Crippen LogP contribution in [0.3, 0.4) is 0 Å². The molecule has 0 saturated carbocycles. The monoisotopic (exact) mass is 305 g/mol. The van der Waals surface area contributed by atoms with E-state index in [9.17, 15) is 22.4 Å². The number of carboxylic acid groups (broad SMARTS) is 1. The van der Waals surface area contributed by atoms with E-state index in [2.05, 4.69) is 4.98 Å². The van der Waals surface area contributed by atoms with Crippen LogP contribution in [0.2, 0.25) is 0 Å². The molecule has 2 aromatic rings. The average Bonchev–Trinajstić information content (AvgIpc) is 2.75. The zero-order valence-electron chi connectivity index (χ0n) is 9.74. The molecule has 0 bridgehead atoms. The van der Waals surface area contributed by atoms with Gasteiger partial charge in [-0.3, -0.25) is 4.79 Å². The Bertz CT molecular complexity index is 651. The molecule has 1 aromatic heterocycles. The molecule has 0 amide bonds. The second-order valence-electron chi connectivity index (χ2n) is 3.91. The van der Waals surface area contributed by atoms with Crippen molar-refractivity contribution >= 4 is 17.3 Å². The van der Waals surface area contributed by atoms with Crippen molar-refractivity contribution < 1.29 is 27.5 Å². The Labute approximate surface area is 114 Å². The number of carboxylic acids is 1. The van der Waals surface area contributed by atoms with Crippen LogP contribution in [0.15, 0.2) is 23.6 Å². The summed E-state index contributed by atoms with van der Waals surface area (Å²) in [5.74, 6) is -2.44. The first-order valence-electron chi connectivity index (χ1n) is 5.30. The Morgan fingerprint density at radius 1 is 1.35 bits per heavy atom. The molecule has 0 atom stereocenters. The smallest absolute Gasteiger partial charge is 0.419 e. The van der Waals surface area contributed by atoms with Crippen molar-refractivity contribution in [2.45, 2.75) is 12.6 Å². The molecule has 0 radical (unpaired) electrons. The average molecular weight is 305 g/mol. The summed E-state index contributed by atoms with van der Waals surface area (Å²) >= 11 is 1.01. The highest BCUT2D eigenvalue weighted by Crippen LogP contribution is 2.35. The van der Waals surface area contributed by atoms with Crippen molar-refractivity contribution in [2.24, 2.45) is 0 Å². The highest BCUT2D eigenvalue weighted by atomic mass is 32.1. The van der Waals surface area contributed by atoms with E-state index in [1.54, 1.807) is 0 Å². The Morgan fingerprint density at radius 2 is 2.05 bits per heavy atom. The first-order valence-corrected chi connectivity index (χ1v) is 6.18. The molecule has 0 spiro atoms. The van der Waals surface area contributed by atoms with Crippen LogP contribution in [0.25, 0.3) is 10.6 Å². The van der Waals surface area contributed by atoms with E-state index in [0.717, 1.165) is 17.4 Å². The maximum absolute atomic E-state index is 13.1. The van der Waals surface area contributed by atoms with E-state index in [1.165, 1.54) is 11.4 Å². The maximum atomic E-state index is 13.1. The number of alkyl halides is 3. The van der Waals surface area contributed by atoms with Gasteiger partial charge >= 0.3 is 12.1 Å². The number of hydrogen-bond donors (Lipinski definition) is 1. The largest absolute Gasteiger partial charge is 0.481 e. The summed E-state index contributed by atoms with van der Waals surface area (Å²) in [6, 6.07) is 2.56. The lowest BCUT2D eigenvalue weighted by Gasteiger charge is -2.08. The number of aromatic nitrogens is 1. The molecule has 1 N–H and O–H groups in total. The molecule has 0 unspecified atom stereocenters. The lowest BCUT2D eigenvalue weighted by Crippen LogP contribution is -2.08. The summed E-state index contributed by atoms with van der Waals surface area (Å²) in [5.41, 5.74) is -1.03. The van der Waals surface area contributed by atoms with Gasteiger partial charge in [0.15, 0.2) is 0 Å². The van der Waals surface area contributed by atoms with Crippen LogP contribution in [-0.4, -0.2) is 16.1 Å². The molecule has 1 aromatic carbocycles. The van der Waals surface area contributed by atoms with Crippen LogP contribution >= 0.6 is 11.3 Å². The van der Waals surface area contributed by atoms with E-state index < -0.39 is 23.5 Å². The Hall–Kier alpha value is -1.96. The quantitative estimate of drug-likeness (QED) is 0.882. The number of carbonyl (C=O) groups is 1. The molecule has 106 valence electrons. The highest BCUT2D eigenvalue weighted by molar-refractivity contribution is 7.13. The number of benzene rings is 1. The molecule has 0 aliphatic rings. The zero-order valence-corrected chi connectivity index (χ0v) is 10.6. The van der Waals surface area contributed by atoms with Crippen molar-refractivity contribution in [2.75, 3.05) is 0 Å². The molecule has 0 aliphatic carbocycles. The number of nitrogens with zero attached hydrogens (tertiary/aromatic N) is 1. The standard InChI is InChI=1S/C12H7F4NO2S/c13-9-2-1-6(3-8(9)12(14,15)16)11-17-7(5-20-11)4-10(18)19/h1-3,5H,4H2,(H,18,19). The van der Waals surface area contributed by atoms with Gasteiger partial charge in [-0.05, 0) is 18.2 Å². The van der Waals surface area contributed by atoms with Gasteiger partial charge in [-0.1, -0.05) is 0 Å². The summed E-state index contributed by atoms with van der Waals surface area (Å²) in [5, 5.41) is 10.3. The van der Waals surface area contributed by atoms with Crippen molar-refractivity contribution in [3.05, 3.63) is 40.7 Å². The first kappa shape index (κ1) is 14.4. The van der Waals surface area contributed by atoms with Gasteiger partial charge in [-0.2, -0.15) is 13.2 Å². The summed E-state index contributed by atoms with van der Waals surface area (Å²) in [7, 11) is 0. The van der Waals surface area contributed by atoms with E-state index in [0.29, 0.717) is 6.07 Å². The predicted molar refractivity (Wildman–Crippen MR) is 63.8 cm³/mol. The molecular formula is C12H7F4NO2S. The summed E-state index contributed by atoms with van der Waals surface area (Å²) in [6.07, 6.45) is -5.11. The zero-order chi connectivity index (χ0) is 14.9. The predicted octanol–water partition coefficient (Wildman–Crippen LogP) is 3.60. The van der Waals surface area contributed by atoms with Crippen molar-refractivity contribution in [1.29, 1.82) is 0 Å². The van der Waals surface area contributed by atoms with Crippen molar-refractivity contribution in [1.82, 2.24) is 4.98 Å². The molecule has 20 heavy (non-hydrogen) atoms. The lowest BCUT2D eigenvalue weighted by molar-refractivity contribution is -0.140. The third-order valence-corrected chi connectivity index (χ3v) is 3.34. The molecule has 2 rings (SSSR count). The SMILES string of the molecule is O=C(O)Cc1csc(-c2ccc(F)c(C(F)(F)F)c2)n1. The minimum atomic E-state index is -4.79. The van der Waals surface area contributed by atoms with Gasteiger partial charge in [-0.25, -0.2) is 9.37 Å². The minimum absolute atomic E-state index is 0.0976. The van der Waals surface area contributed by atoms with Gasteiger partial charge in [0, 0.05) is 10.9 Å². The number of thiazole rings is 1. The molecule has 1 heterocycles. The summed E-state index contributed by atoms with van der Waals surface area (Å²) in [4.78, 5) is 14.4. The van der Waals surface area contributed by atoms with Crippen LogP contribution in [0.1, 0.15) is 11.3 Å². The third-order valence-electron chi connectivity index (χ3n) is 2.40. The second kappa shape index (κ2) is 5.20. The van der Waals surface area contributed by atoms with Crippen LogP contribution in [0, 0.1) is 5.82 Å². The summed E-state index contributed by atoms with van der Waals surface area (Å²) < 4.78 is 50.9. The molecule has 0 aliphatic heterocycles. The molecule has 3 nitrogen and oxygen atoms in total. The van der Waals surface area contributed by atoms with Crippen LogP contribution in [-0.2, 0) is 17.4 Å². The Morgan fingerprint density at radius 3 is 2.65 bits per heavy atom. The van der Waals surface area contributed by atoms with Crippen LogP contribution in [0.5, 0.6) is 0 Å². The lowest BCUT2D eigenvalue weighted by atomic mass is 10.1. The van der Waals surface area contributed by atoms with Crippen molar-refractivity contribution in [3.63, 3.8) is 0 Å². The second-order valence-corrected chi connectivity index (χ2v) is 4.76. The molecular weight excluding hydrogens is 298 g/mol. The van der Waals surface area contributed by atoms with Crippen LogP contribution < -0.4 is 0 Å². The maximum Gasteiger partial charge on any atom is 0.419 e. The fourth-order valence-corrected chi connectivity index (χ4v) is 2.37. The normalized spacial score (nSPS) is 11.6. The van der Waals surface area contributed by atoms with Crippen molar-refractivity contribution in [3.8, 4) is 10.6 Å². The number of halogens is 4. The van der Waals surface area contributed by atoms with E-state index in [4.69, 9.17) is 5.11 Å². The fraction of sp³-hybridized carbons (Fsp3) is 0.167. The van der Waals surface area contributed by atoms with E-state index in [-0.39, 0.29) is 22.7 Å². The highest BCUT2D eigenvalue weighted by Gasteiger charge is 2.34. The first-order chi connectivity index (χ1) is 9.27. The van der Waals surface area contributed by atoms with Gasteiger partial charge in [0.25, 0.3) is 0 Å². The summed E-state index contributed by atoms with van der Waals surface area (Å²) in [6.45, 7) is 0. The number of aliphatic carboxylic acids is 1. The molecule has 8 heteroatoms. The van der Waals surface area contributed by atoms with Gasteiger partial charge in [-0.15, -0.1) is 11.3 Å². The molecule has 0 saturated heterocycles. The van der Waals surface area contributed by atoms with Gasteiger partial charge in [0.1, 0.15) is 10.8 Å². The fourth-order valence-electron chi connectivity index (χ4n) is 1.55. The minimum Gasteiger partial charge on any atom is -0.481 e. The number of rotatable bonds is 3. The van der Waals surface area contributed by atoms with E-state index in [1.807, 2.05) is 0 Å². The van der Waals surface area contributed by atoms with Crippen LogP contribution in [0.4, 0.5) is 17.6 Å². The third kappa shape index (κ3) is 3.13. The Balaban J connectivity index is 2.38. The topological polar surface area (TPSA) is 50.2 Å². The van der Waals surface area contributed by atoms with E-state index >= 15 is 0 Å². The molecule has 0 fully saturated rings. The van der Waals surface area contributed by atoms with Gasteiger partial charge in [0.2, 0.25) is 0 Å². The number of hydrogen-bond acceptors (Lipinski definition) is 3. The Kier molecular flexibility index (Phi) is 3.76. The van der Waals surface area contributed by atoms with Gasteiger partial charge < -0.3 is 5.11 Å². The van der Waals surface area contributed by atoms with Gasteiger partial charge in [0.05, 0.1) is 17.7 Å².